The van der Waals surface area contributed by atoms with Gasteiger partial charge in [0, 0.05) is 19.2 Å². The van der Waals surface area contributed by atoms with Crippen molar-refractivity contribution in [1.29, 1.82) is 0 Å². The predicted molar refractivity (Wildman–Crippen MR) is 67.9 cm³/mol. The Kier molecular flexibility index (Phi) is 4.78. The van der Waals surface area contributed by atoms with Crippen LogP contribution in [0, 0.1) is 0 Å². The molecule has 19 heavy (non-hydrogen) atoms. The van der Waals surface area contributed by atoms with Crippen LogP contribution in [0.15, 0.2) is 36.2 Å². The lowest BCUT2D eigenvalue weighted by Gasteiger charge is -2.21. The van der Waals surface area contributed by atoms with E-state index in [1.807, 2.05) is 0 Å². The first-order valence-corrected chi connectivity index (χ1v) is 5.67. The lowest BCUT2D eigenvalue weighted by molar-refractivity contribution is -0.138. The number of allylic oxidation sites excluding steroid dienone is 1. The van der Waals surface area contributed by atoms with E-state index < -0.39 is 18.4 Å². The predicted octanol–water partition coefficient (Wildman–Crippen LogP) is 4.34. The highest BCUT2D eigenvalue weighted by Crippen LogP contribution is 2.35. The second-order valence-electron chi connectivity index (χ2n) is 4.10. The van der Waals surface area contributed by atoms with Crippen molar-refractivity contribution in [3.8, 4) is 0 Å². The summed E-state index contributed by atoms with van der Waals surface area (Å²) >= 11 is 0. The van der Waals surface area contributed by atoms with Gasteiger partial charge < -0.3 is 4.90 Å². The molecule has 0 aliphatic carbocycles. The first kappa shape index (κ1) is 15.3. The fourth-order valence-corrected chi connectivity index (χ4v) is 1.67. The Morgan fingerprint density at radius 2 is 2.00 bits per heavy atom. The van der Waals surface area contributed by atoms with Crippen LogP contribution >= 0.6 is 0 Å². The lowest BCUT2D eigenvalue weighted by atomic mass is 10.0. The quantitative estimate of drug-likeness (QED) is 0.582. The minimum atomic E-state index is -4.49. The van der Waals surface area contributed by atoms with Crippen molar-refractivity contribution >= 4 is 5.69 Å². The maximum atomic E-state index is 12.9. The number of rotatable bonds is 4. The molecule has 0 bridgehead atoms. The molecule has 0 amide bonds. The van der Waals surface area contributed by atoms with Crippen LogP contribution in [0.1, 0.15) is 18.1 Å². The Balaban J connectivity index is 3.30. The van der Waals surface area contributed by atoms with Crippen LogP contribution < -0.4 is 4.90 Å². The molecule has 0 saturated heterocycles. The maximum Gasteiger partial charge on any atom is 0.416 e. The van der Waals surface area contributed by atoms with Gasteiger partial charge in [0.15, 0.2) is 0 Å². The summed E-state index contributed by atoms with van der Waals surface area (Å²) in [6.07, 6.45) is -4.73. The van der Waals surface area contributed by atoms with Gasteiger partial charge in [-0.1, -0.05) is 12.6 Å². The molecule has 0 aromatic heterocycles. The van der Waals surface area contributed by atoms with Crippen molar-refractivity contribution < 1.29 is 17.6 Å². The van der Waals surface area contributed by atoms with Gasteiger partial charge >= 0.3 is 6.18 Å². The van der Waals surface area contributed by atoms with E-state index in [1.54, 1.807) is 18.9 Å². The molecule has 104 valence electrons. The van der Waals surface area contributed by atoms with Crippen LogP contribution in [0.25, 0.3) is 0 Å². The summed E-state index contributed by atoms with van der Waals surface area (Å²) in [7, 11) is 1.62. The average Bonchev–Trinajstić information content (AvgIpc) is 2.36. The van der Waals surface area contributed by atoms with E-state index >= 15 is 0 Å². The number of alkyl halides is 4. The minimum absolute atomic E-state index is 0.0348. The molecule has 1 aromatic carbocycles. The van der Waals surface area contributed by atoms with Gasteiger partial charge in [-0.25, -0.2) is 0 Å². The van der Waals surface area contributed by atoms with Gasteiger partial charge in [0.1, 0.15) is 0 Å². The van der Waals surface area contributed by atoms with Crippen LogP contribution in [0.5, 0.6) is 0 Å². The number of benzene rings is 1. The Bertz CT molecular complexity index is 499. The Labute approximate surface area is 109 Å². The molecule has 5 heteroatoms. The fourth-order valence-electron chi connectivity index (χ4n) is 1.67. The zero-order valence-corrected chi connectivity index (χ0v) is 10.8. The third-order valence-electron chi connectivity index (χ3n) is 2.91. The molecule has 0 aliphatic heterocycles. The molecule has 0 aliphatic rings. The highest BCUT2D eigenvalue weighted by molar-refractivity contribution is 5.55. The molecule has 1 rings (SSSR count). The zero-order valence-electron chi connectivity index (χ0n) is 10.8. The van der Waals surface area contributed by atoms with Crippen LogP contribution in [0.4, 0.5) is 23.2 Å². The number of hydrogen-bond donors (Lipinski definition) is 0. The van der Waals surface area contributed by atoms with Crippen molar-refractivity contribution in [1.82, 2.24) is 0 Å². The third kappa shape index (κ3) is 3.61. The van der Waals surface area contributed by atoms with Crippen molar-refractivity contribution in [2.24, 2.45) is 0 Å². The smallest absolute Gasteiger partial charge is 0.342 e. The summed E-state index contributed by atoms with van der Waals surface area (Å²) in [5.74, 6) is 0. The van der Waals surface area contributed by atoms with E-state index in [2.05, 4.69) is 12.3 Å². The minimum Gasteiger partial charge on any atom is -0.342 e. The SMILES string of the molecule is C=C=C(C)N(C)c1ccc(CCF)c(C(F)(F)F)c1. The summed E-state index contributed by atoms with van der Waals surface area (Å²) in [5, 5.41) is 0. The summed E-state index contributed by atoms with van der Waals surface area (Å²) in [4.78, 5) is 1.54. The second kappa shape index (κ2) is 5.93. The fraction of sp³-hybridized carbons (Fsp3) is 0.357. The standard InChI is InChI=1S/C14H15F4N/c1-4-10(2)19(3)12-6-5-11(7-8-15)13(9-12)14(16,17)18/h5-6,9H,1,7-8H2,2-3H3. The third-order valence-corrected chi connectivity index (χ3v) is 2.91. The molecule has 0 N–H and O–H groups in total. The molecular weight excluding hydrogens is 258 g/mol. The van der Waals surface area contributed by atoms with E-state index in [9.17, 15) is 17.6 Å². The van der Waals surface area contributed by atoms with Crippen LogP contribution in [-0.4, -0.2) is 13.7 Å². The normalized spacial score (nSPS) is 11.1. The summed E-state index contributed by atoms with van der Waals surface area (Å²) in [5.41, 5.74) is 2.75. The maximum absolute atomic E-state index is 12.9. The van der Waals surface area contributed by atoms with Gasteiger partial charge in [-0.15, -0.1) is 5.73 Å². The highest BCUT2D eigenvalue weighted by Gasteiger charge is 2.33. The topological polar surface area (TPSA) is 3.24 Å². The van der Waals surface area contributed by atoms with Crippen LogP contribution in [0.3, 0.4) is 0 Å². The largest absolute Gasteiger partial charge is 0.416 e. The number of nitrogens with zero attached hydrogens (tertiary/aromatic N) is 1. The van der Waals surface area contributed by atoms with Gasteiger partial charge in [0.25, 0.3) is 0 Å². The van der Waals surface area contributed by atoms with E-state index in [4.69, 9.17) is 0 Å². The highest BCUT2D eigenvalue weighted by atomic mass is 19.4. The number of hydrogen-bond acceptors (Lipinski definition) is 1. The number of halogens is 4. The summed E-state index contributed by atoms with van der Waals surface area (Å²) in [6.45, 7) is 4.32. The van der Waals surface area contributed by atoms with E-state index in [0.29, 0.717) is 11.4 Å². The lowest BCUT2D eigenvalue weighted by Crippen LogP contribution is -2.16. The van der Waals surface area contributed by atoms with Crippen molar-refractivity contribution in [2.45, 2.75) is 19.5 Å². The molecule has 0 unspecified atom stereocenters. The van der Waals surface area contributed by atoms with Crippen molar-refractivity contribution in [3.63, 3.8) is 0 Å². The molecule has 0 fully saturated rings. The van der Waals surface area contributed by atoms with E-state index in [0.717, 1.165) is 6.07 Å². The second-order valence-corrected chi connectivity index (χ2v) is 4.10. The summed E-state index contributed by atoms with van der Waals surface area (Å²) < 4.78 is 51.1. The Hall–Kier alpha value is -1.74. The van der Waals surface area contributed by atoms with E-state index in [1.165, 1.54) is 12.1 Å². The summed E-state index contributed by atoms with van der Waals surface area (Å²) in [6, 6.07) is 3.86. The van der Waals surface area contributed by atoms with Gasteiger partial charge in [-0.05, 0) is 24.6 Å². The monoisotopic (exact) mass is 273 g/mol. The average molecular weight is 273 g/mol. The molecule has 0 spiro atoms. The van der Waals surface area contributed by atoms with Crippen LogP contribution in [-0.2, 0) is 12.6 Å². The molecular formula is C14H15F4N. The molecule has 0 atom stereocenters. The van der Waals surface area contributed by atoms with Crippen LogP contribution in [0.2, 0.25) is 0 Å². The number of aryl methyl sites for hydroxylation is 1. The molecule has 0 radical (unpaired) electrons. The Morgan fingerprint density at radius 3 is 2.47 bits per heavy atom. The van der Waals surface area contributed by atoms with Crippen molar-refractivity contribution in [3.05, 3.63) is 47.3 Å². The molecule has 0 heterocycles. The molecule has 0 saturated carbocycles. The van der Waals surface area contributed by atoms with Gasteiger partial charge in [-0.2, -0.15) is 13.2 Å². The Morgan fingerprint density at radius 1 is 1.37 bits per heavy atom. The van der Waals surface area contributed by atoms with Gasteiger partial charge in [-0.3, -0.25) is 4.39 Å². The van der Waals surface area contributed by atoms with Gasteiger partial charge in [0.05, 0.1) is 17.9 Å². The first-order chi connectivity index (χ1) is 8.81. The van der Waals surface area contributed by atoms with Gasteiger partial charge in [0.2, 0.25) is 0 Å². The molecule has 1 aromatic rings. The number of anilines is 1. The first-order valence-electron chi connectivity index (χ1n) is 5.67. The van der Waals surface area contributed by atoms with Crippen molar-refractivity contribution in [2.75, 3.05) is 18.6 Å². The molecule has 1 nitrogen and oxygen atoms in total. The zero-order chi connectivity index (χ0) is 14.6. The van der Waals surface area contributed by atoms with E-state index in [-0.39, 0.29) is 12.0 Å².